The fourth-order valence-corrected chi connectivity index (χ4v) is 11.1. The number of carbonyl (C=O) groups excluding carboxylic acids is 1. The van der Waals surface area contributed by atoms with Crippen LogP contribution in [-0.4, -0.2) is 108 Å². The Bertz CT molecular complexity index is 1950. The highest BCUT2D eigenvalue weighted by molar-refractivity contribution is 7.92. The van der Waals surface area contributed by atoms with E-state index in [0.717, 1.165) is 40.4 Å². The summed E-state index contributed by atoms with van der Waals surface area (Å²) in [5.41, 5.74) is 2.16. The summed E-state index contributed by atoms with van der Waals surface area (Å²) < 4.78 is 46.3. The van der Waals surface area contributed by atoms with Crippen molar-refractivity contribution < 1.29 is 27.4 Å². The summed E-state index contributed by atoms with van der Waals surface area (Å²) in [7, 11) is -1.78. The van der Waals surface area contributed by atoms with Crippen LogP contribution in [0.3, 0.4) is 0 Å². The molecule has 12 nitrogen and oxygen atoms in total. The molecule has 0 radical (unpaired) electrons. The zero-order valence-corrected chi connectivity index (χ0v) is 31.3. The molecule has 280 valence electrons. The molecule has 4 aliphatic rings. The molecule has 3 aromatic rings. The Morgan fingerprint density at radius 2 is 1.92 bits per heavy atom. The van der Waals surface area contributed by atoms with Gasteiger partial charge in [0.15, 0.2) is 9.84 Å². The van der Waals surface area contributed by atoms with Gasteiger partial charge in [0.05, 0.1) is 35.3 Å². The maximum Gasteiger partial charge on any atom is 0.246 e. The molecule has 5 atom stereocenters. The standard InChI is InChI=1S/C38H50FN7O5S/c1-6-35(47)46-13-7-8-29(46)26-16-30(45-20-24(21-45)32-18-38(4,48)11-15-52(32,49)50)27-19-41-34(17-25(27)36(26)23(2)3)42-33-9-12-40-37(43-33)44-14-10-31(51-5)28(39)22-44/h6,9,12,16-17,19,23-24,28-29,31-32,48H,1,7-8,10-11,13-15,18,20-22H2,2-5H3,(H,40,41,42,43)/t28-,29+,31+,32-,38+/m0/s1. The lowest BCUT2D eigenvalue weighted by Gasteiger charge is -2.48. The second kappa shape index (κ2) is 14.2. The average molecular weight is 736 g/mol. The number of halogens is 1. The smallest absolute Gasteiger partial charge is 0.246 e. The lowest BCUT2D eigenvalue weighted by Crippen LogP contribution is -2.57. The Morgan fingerprint density at radius 3 is 2.63 bits per heavy atom. The number of anilines is 4. The van der Waals surface area contributed by atoms with Crippen LogP contribution in [0.25, 0.3) is 10.8 Å². The topological polar surface area (TPSA) is 141 Å². The fourth-order valence-electron chi connectivity index (χ4n) is 8.67. The lowest BCUT2D eigenvalue weighted by molar-refractivity contribution is -0.126. The van der Waals surface area contributed by atoms with E-state index in [9.17, 15) is 22.7 Å². The summed E-state index contributed by atoms with van der Waals surface area (Å²) in [4.78, 5) is 32.9. The summed E-state index contributed by atoms with van der Waals surface area (Å²) in [5.74, 6) is 1.44. The van der Waals surface area contributed by atoms with E-state index in [-0.39, 0.29) is 48.9 Å². The first-order valence-corrected chi connectivity index (χ1v) is 20.1. The molecule has 0 bridgehead atoms. The summed E-state index contributed by atoms with van der Waals surface area (Å²) in [5, 5.41) is 15.5. The minimum Gasteiger partial charge on any atom is -0.390 e. The maximum atomic E-state index is 14.7. The number of sulfone groups is 1. The van der Waals surface area contributed by atoms with Crippen LogP contribution < -0.4 is 15.1 Å². The predicted molar refractivity (Wildman–Crippen MR) is 201 cm³/mol. The number of hydrogen-bond donors (Lipinski definition) is 2. The molecule has 1 aromatic carbocycles. The van der Waals surface area contributed by atoms with E-state index in [1.165, 1.54) is 13.2 Å². The molecule has 4 fully saturated rings. The van der Waals surface area contributed by atoms with Gasteiger partial charge in [-0.3, -0.25) is 4.79 Å². The van der Waals surface area contributed by atoms with Crippen molar-refractivity contribution in [2.45, 2.75) is 88.0 Å². The number of fused-ring (bicyclic) bond motifs is 1. The first-order chi connectivity index (χ1) is 24.8. The number of pyridine rings is 1. The number of nitrogens with zero attached hydrogens (tertiary/aromatic N) is 6. The second-order valence-corrected chi connectivity index (χ2v) is 17.8. The number of amides is 1. The van der Waals surface area contributed by atoms with Crippen molar-refractivity contribution in [2.75, 3.05) is 60.7 Å². The molecule has 0 aliphatic carbocycles. The van der Waals surface area contributed by atoms with Gasteiger partial charge in [-0.2, -0.15) is 4.98 Å². The van der Waals surface area contributed by atoms with E-state index in [1.54, 1.807) is 19.2 Å². The van der Waals surface area contributed by atoms with Crippen LogP contribution in [0.1, 0.15) is 76.0 Å². The highest BCUT2D eigenvalue weighted by atomic mass is 32.2. The zero-order chi connectivity index (χ0) is 36.9. The maximum absolute atomic E-state index is 14.7. The van der Waals surface area contributed by atoms with Gasteiger partial charge in [-0.1, -0.05) is 20.4 Å². The number of benzene rings is 1. The zero-order valence-electron chi connectivity index (χ0n) is 30.5. The predicted octanol–water partition coefficient (Wildman–Crippen LogP) is 5.07. The number of likely N-dealkylation sites (tertiary alicyclic amines) is 1. The van der Waals surface area contributed by atoms with Crippen molar-refractivity contribution >= 4 is 49.8 Å². The Balaban J connectivity index is 1.25. The molecular formula is C38H50FN7O5S. The molecule has 0 saturated carbocycles. The number of aromatic nitrogens is 3. The quantitative estimate of drug-likeness (QED) is 0.285. The largest absolute Gasteiger partial charge is 0.390 e. The first kappa shape index (κ1) is 36.5. The van der Waals surface area contributed by atoms with Crippen LogP contribution in [-0.2, 0) is 19.4 Å². The van der Waals surface area contributed by atoms with Crippen LogP contribution in [0.4, 0.5) is 27.7 Å². The van der Waals surface area contributed by atoms with E-state index in [0.29, 0.717) is 50.2 Å². The van der Waals surface area contributed by atoms with Gasteiger partial charge in [0.25, 0.3) is 0 Å². The molecule has 14 heteroatoms. The highest BCUT2D eigenvalue weighted by Crippen LogP contribution is 2.46. The van der Waals surface area contributed by atoms with Gasteiger partial charge in [-0.25, -0.2) is 22.8 Å². The molecular weight excluding hydrogens is 686 g/mol. The average Bonchev–Trinajstić information content (AvgIpc) is 3.58. The third-order valence-corrected chi connectivity index (χ3v) is 13.7. The van der Waals surface area contributed by atoms with Crippen molar-refractivity contribution in [3.8, 4) is 0 Å². The Morgan fingerprint density at radius 1 is 1.13 bits per heavy atom. The number of piperidine rings is 1. The summed E-state index contributed by atoms with van der Waals surface area (Å²) in [6, 6.07) is 5.83. The monoisotopic (exact) mass is 735 g/mol. The highest BCUT2D eigenvalue weighted by Gasteiger charge is 2.48. The number of ether oxygens (including phenoxy) is 1. The molecule has 2 N–H and O–H groups in total. The molecule has 6 heterocycles. The minimum atomic E-state index is -3.31. The van der Waals surface area contributed by atoms with Gasteiger partial charge in [-0.15, -0.1) is 0 Å². The van der Waals surface area contributed by atoms with Crippen molar-refractivity contribution in [2.24, 2.45) is 5.92 Å². The van der Waals surface area contributed by atoms with Gasteiger partial charge >= 0.3 is 0 Å². The van der Waals surface area contributed by atoms with Gasteiger partial charge in [0.1, 0.15) is 17.8 Å². The first-order valence-electron chi connectivity index (χ1n) is 18.4. The number of alkyl halides is 1. The summed E-state index contributed by atoms with van der Waals surface area (Å²) in [6.07, 6.45) is 6.05. The van der Waals surface area contributed by atoms with Gasteiger partial charge in [0.2, 0.25) is 11.9 Å². The number of hydrogen-bond acceptors (Lipinski definition) is 11. The van der Waals surface area contributed by atoms with E-state index in [2.05, 4.69) is 41.7 Å². The van der Waals surface area contributed by atoms with Gasteiger partial charge < -0.3 is 29.9 Å². The molecule has 0 spiro atoms. The minimum absolute atomic E-state index is 0.00237. The molecule has 2 aromatic heterocycles. The normalized spacial score (nSPS) is 27.9. The summed E-state index contributed by atoms with van der Waals surface area (Å²) >= 11 is 0. The molecule has 0 unspecified atom stereocenters. The van der Waals surface area contributed by atoms with Crippen molar-refractivity contribution in [3.05, 3.63) is 54.4 Å². The number of methoxy groups -OCH3 is 1. The van der Waals surface area contributed by atoms with E-state index >= 15 is 0 Å². The van der Waals surface area contributed by atoms with Crippen LogP contribution in [0.2, 0.25) is 0 Å². The van der Waals surface area contributed by atoms with E-state index in [1.807, 2.05) is 22.1 Å². The van der Waals surface area contributed by atoms with E-state index in [4.69, 9.17) is 14.7 Å². The van der Waals surface area contributed by atoms with Crippen molar-refractivity contribution in [1.29, 1.82) is 0 Å². The number of carbonyl (C=O) groups is 1. The van der Waals surface area contributed by atoms with Crippen LogP contribution in [0.5, 0.6) is 0 Å². The molecule has 4 aliphatic heterocycles. The third-order valence-electron chi connectivity index (χ3n) is 11.5. The van der Waals surface area contributed by atoms with Crippen molar-refractivity contribution in [3.63, 3.8) is 0 Å². The lowest BCUT2D eigenvalue weighted by atomic mass is 9.84. The van der Waals surface area contributed by atoms with Crippen LogP contribution >= 0.6 is 0 Å². The molecule has 7 rings (SSSR count). The number of nitrogens with one attached hydrogen (secondary N) is 1. The second-order valence-electron chi connectivity index (χ2n) is 15.5. The van der Waals surface area contributed by atoms with Crippen LogP contribution in [0, 0.1) is 5.92 Å². The molecule has 52 heavy (non-hydrogen) atoms. The van der Waals surface area contributed by atoms with E-state index < -0.39 is 33.0 Å². The van der Waals surface area contributed by atoms with Crippen molar-refractivity contribution in [1.82, 2.24) is 19.9 Å². The molecule has 4 saturated heterocycles. The van der Waals surface area contributed by atoms with Crippen LogP contribution in [0.15, 0.2) is 43.2 Å². The molecule has 1 amide bonds. The van der Waals surface area contributed by atoms with Gasteiger partial charge in [0, 0.05) is 62.7 Å². The number of rotatable bonds is 9. The Hall–Kier alpha value is -3.88. The third kappa shape index (κ3) is 6.96. The fraction of sp³-hybridized carbons (Fsp3) is 0.579. The Kier molecular flexibility index (Phi) is 9.94. The van der Waals surface area contributed by atoms with Gasteiger partial charge in [-0.05, 0) is 85.7 Å². The number of aliphatic hydroxyl groups is 1. The SMILES string of the molecule is C=CC(=O)N1CCC[C@@H]1c1cc(N2CC([C@@H]3C[C@](C)(O)CCS3(=O)=O)C2)c2cnc(Nc3ccnc(N4CC[C@@H](OC)[C@@H](F)C4)n3)cc2c1C(C)C. The Labute approximate surface area is 305 Å². The summed E-state index contributed by atoms with van der Waals surface area (Å²) in [6.45, 7) is 12.3.